The van der Waals surface area contributed by atoms with Crippen molar-refractivity contribution in [1.82, 2.24) is 0 Å². The van der Waals surface area contributed by atoms with Gasteiger partial charge in [-0.2, -0.15) is 0 Å². The highest BCUT2D eigenvalue weighted by atomic mass is 35.5. The zero-order valence-electron chi connectivity index (χ0n) is 7.79. The van der Waals surface area contributed by atoms with Crippen LogP contribution in [-0.2, 0) is 0 Å². The standard InChI is InChI=1S/C10H13ClN2/c1-8(2)13(7-12)10-5-3-4-9(11)6-10/h3-8,12H,1-2H3. The largest absolute Gasteiger partial charge is 0.330 e. The fourth-order valence-corrected chi connectivity index (χ4v) is 1.34. The number of nitrogens with zero attached hydrogens (tertiary/aromatic N) is 1. The Kier molecular flexibility index (Phi) is 3.32. The summed E-state index contributed by atoms with van der Waals surface area (Å²) in [7, 11) is 0. The minimum Gasteiger partial charge on any atom is -0.330 e. The second kappa shape index (κ2) is 4.28. The quantitative estimate of drug-likeness (QED) is 0.584. The maximum atomic E-state index is 7.26. The van der Waals surface area contributed by atoms with Crippen molar-refractivity contribution < 1.29 is 0 Å². The topological polar surface area (TPSA) is 27.1 Å². The van der Waals surface area contributed by atoms with Crippen LogP contribution in [0.1, 0.15) is 13.8 Å². The van der Waals surface area contributed by atoms with Crippen LogP contribution in [0.2, 0.25) is 5.02 Å². The van der Waals surface area contributed by atoms with Gasteiger partial charge in [0.2, 0.25) is 0 Å². The number of nitrogens with one attached hydrogen (secondary N) is 1. The molecule has 0 aromatic heterocycles. The van der Waals surface area contributed by atoms with Crippen molar-refractivity contribution in [3.63, 3.8) is 0 Å². The summed E-state index contributed by atoms with van der Waals surface area (Å²) in [5, 5.41) is 7.96. The monoisotopic (exact) mass is 196 g/mol. The number of hydrogen-bond donors (Lipinski definition) is 1. The van der Waals surface area contributed by atoms with Gasteiger partial charge in [0.25, 0.3) is 0 Å². The number of hydrogen-bond acceptors (Lipinski definition) is 1. The third-order valence-electron chi connectivity index (χ3n) is 1.80. The highest BCUT2D eigenvalue weighted by Gasteiger charge is 2.06. The molecule has 0 saturated carbocycles. The molecule has 0 saturated heterocycles. The van der Waals surface area contributed by atoms with Crippen LogP contribution in [0.15, 0.2) is 24.3 Å². The van der Waals surface area contributed by atoms with Gasteiger partial charge in [0, 0.05) is 16.8 Å². The SMILES string of the molecule is CC(C)N(C=N)c1cccc(Cl)c1. The van der Waals surface area contributed by atoms with Gasteiger partial charge in [-0.05, 0) is 32.0 Å². The lowest BCUT2D eigenvalue weighted by Gasteiger charge is -2.23. The van der Waals surface area contributed by atoms with Gasteiger partial charge in [0.15, 0.2) is 0 Å². The van der Waals surface area contributed by atoms with Gasteiger partial charge in [-0.15, -0.1) is 0 Å². The van der Waals surface area contributed by atoms with E-state index in [0.717, 1.165) is 5.69 Å². The zero-order valence-corrected chi connectivity index (χ0v) is 8.55. The van der Waals surface area contributed by atoms with Crippen molar-refractivity contribution in [2.75, 3.05) is 4.90 Å². The Morgan fingerprint density at radius 1 is 1.46 bits per heavy atom. The van der Waals surface area contributed by atoms with E-state index in [1.165, 1.54) is 6.34 Å². The molecule has 0 radical (unpaired) electrons. The second-order valence-electron chi connectivity index (χ2n) is 3.11. The van der Waals surface area contributed by atoms with Gasteiger partial charge in [0.05, 0.1) is 6.34 Å². The van der Waals surface area contributed by atoms with Crippen LogP contribution in [0, 0.1) is 5.41 Å². The van der Waals surface area contributed by atoms with Crippen LogP contribution >= 0.6 is 11.6 Å². The van der Waals surface area contributed by atoms with E-state index in [2.05, 4.69) is 0 Å². The van der Waals surface area contributed by atoms with Crippen LogP contribution in [0.5, 0.6) is 0 Å². The number of halogens is 1. The lowest BCUT2D eigenvalue weighted by Crippen LogP contribution is -2.28. The summed E-state index contributed by atoms with van der Waals surface area (Å²) >= 11 is 5.85. The minimum atomic E-state index is 0.274. The molecule has 13 heavy (non-hydrogen) atoms. The highest BCUT2D eigenvalue weighted by Crippen LogP contribution is 2.19. The van der Waals surface area contributed by atoms with Crippen molar-refractivity contribution in [2.45, 2.75) is 19.9 Å². The Morgan fingerprint density at radius 3 is 2.62 bits per heavy atom. The maximum absolute atomic E-state index is 7.26. The van der Waals surface area contributed by atoms with Crippen LogP contribution in [0.4, 0.5) is 5.69 Å². The molecular weight excluding hydrogens is 184 g/mol. The van der Waals surface area contributed by atoms with Gasteiger partial charge in [-0.25, -0.2) is 0 Å². The molecule has 0 atom stereocenters. The van der Waals surface area contributed by atoms with Gasteiger partial charge in [-0.3, -0.25) is 5.41 Å². The molecule has 0 spiro atoms. The van der Waals surface area contributed by atoms with Crippen LogP contribution < -0.4 is 4.90 Å². The highest BCUT2D eigenvalue weighted by molar-refractivity contribution is 6.30. The predicted octanol–water partition coefficient (Wildman–Crippen LogP) is 3.16. The zero-order chi connectivity index (χ0) is 9.84. The second-order valence-corrected chi connectivity index (χ2v) is 3.55. The molecule has 0 aliphatic heterocycles. The molecule has 0 amide bonds. The summed E-state index contributed by atoms with van der Waals surface area (Å²) in [5.74, 6) is 0. The first-order valence-electron chi connectivity index (χ1n) is 4.19. The van der Waals surface area contributed by atoms with Crippen molar-refractivity contribution in [1.29, 1.82) is 5.41 Å². The summed E-state index contributed by atoms with van der Waals surface area (Å²) in [6.07, 6.45) is 1.32. The van der Waals surface area contributed by atoms with E-state index in [4.69, 9.17) is 17.0 Å². The molecule has 1 aromatic carbocycles. The molecule has 0 bridgehead atoms. The van der Waals surface area contributed by atoms with Crippen LogP contribution in [-0.4, -0.2) is 12.4 Å². The first kappa shape index (κ1) is 10.1. The molecule has 1 N–H and O–H groups in total. The summed E-state index contributed by atoms with van der Waals surface area (Å²) in [4.78, 5) is 1.85. The first-order chi connectivity index (χ1) is 6.15. The minimum absolute atomic E-state index is 0.274. The van der Waals surface area contributed by atoms with E-state index in [1.807, 2.05) is 43.0 Å². The molecule has 2 nitrogen and oxygen atoms in total. The van der Waals surface area contributed by atoms with E-state index in [-0.39, 0.29) is 6.04 Å². The van der Waals surface area contributed by atoms with Gasteiger partial charge in [-0.1, -0.05) is 17.7 Å². The summed E-state index contributed by atoms with van der Waals surface area (Å²) in [6.45, 7) is 4.07. The van der Waals surface area contributed by atoms with E-state index in [1.54, 1.807) is 0 Å². The maximum Gasteiger partial charge on any atom is 0.0864 e. The average Bonchev–Trinajstić information content (AvgIpc) is 2.04. The molecule has 1 rings (SSSR count). The molecule has 0 aliphatic carbocycles. The van der Waals surface area contributed by atoms with Gasteiger partial charge in [0.1, 0.15) is 0 Å². The Morgan fingerprint density at radius 2 is 2.15 bits per heavy atom. The Hall–Kier alpha value is -1.02. The number of benzene rings is 1. The number of rotatable bonds is 3. The summed E-state index contributed by atoms with van der Waals surface area (Å²) in [6, 6.07) is 7.78. The molecular formula is C10H13ClN2. The van der Waals surface area contributed by atoms with E-state index < -0.39 is 0 Å². The molecule has 1 aromatic rings. The fourth-order valence-electron chi connectivity index (χ4n) is 1.16. The summed E-state index contributed by atoms with van der Waals surface area (Å²) in [5.41, 5.74) is 0.956. The van der Waals surface area contributed by atoms with Gasteiger partial charge >= 0.3 is 0 Å². The first-order valence-corrected chi connectivity index (χ1v) is 4.57. The summed E-state index contributed by atoms with van der Waals surface area (Å²) < 4.78 is 0. The van der Waals surface area contributed by atoms with Crippen molar-refractivity contribution in [2.24, 2.45) is 0 Å². The normalized spacial score (nSPS) is 10.2. The third-order valence-corrected chi connectivity index (χ3v) is 2.04. The molecule has 70 valence electrons. The predicted molar refractivity (Wildman–Crippen MR) is 57.9 cm³/mol. The Labute approximate surface area is 83.6 Å². The molecule has 0 unspecified atom stereocenters. The number of anilines is 1. The van der Waals surface area contributed by atoms with E-state index >= 15 is 0 Å². The molecule has 0 aliphatic rings. The Balaban J connectivity index is 2.98. The fraction of sp³-hybridized carbons (Fsp3) is 0.300. The van der Waals surface area contributed by atoms with Crippen LogP contribution in [0.3, 0.4) is 0 Å². The lowest BCUT2D eigenvalue weighted by molar-refractivity contribution is 0.813. The molecule has 3 heteroatoms. The van der Waals surface area contributed by atoms with Crippen molar-refractivity contribution in [3.8, 4) is 0 Å². The van der Waals surface area contributed by atoms with Crippen LogP contribution in [0.25, 0.3) is 0 Å². The van der Waals surface area contributed by atoms with E-state index in [0.29, 0.717) is 5.02 Å². The van der Waals surface area contributed by atoms with Gasteiger partial charge < -0.3 is 4.90 Å². The smallest absolute Gasteiger partial charge is 0.0864 e. The average molecular weight is 197 g/mol. The lowest BCUT2D eigenvalue weighted by atomic mass is 10.2. The Bertz CT molecular complexity index is 297. The third kappa shape index (κ3) is 2.46. The molecule has 0 fully saturated rings. The van der Waals surface area contributed by atoms with Crippen molar-refractivity contribution in [3.05, 3.63) is 29.3 Å². The van der Waals surface area contributed by atoms with E-state index in [9.17, 15) is 0 Å². The molecule has 0 heterocycles. The van der Waals surface area contributed by atoms with Crippen molar-refractivity contribution >= 4 is 23.6 Å².